The summed E-state index contributed by atoms with van der Waals surface area (Å²) >= 11 is 0. The van der Waals surface area contributed by atoms with E-state index in [1.165, 1.54) is 12.8 Å². The Morgan fingerprint density at radius 1 is 1.30 bits per heavy atom. The Hall–Kier alpha value is -1.03. The van der Waals surface area contributed by atoms with Crippen molar-refractivity contribution in [2.24, 2.45) is 17.8 Å². The monoisotopic (exact) mass is 320 g/mol. The molecule has 1 amide bonds. The van der Waals surface area contributed by atoms with E-state index in [9.17, 15) is 4.79 Å². The number of amides is 1. The molecule has 3 aliphatic rings. The second kappa shape index (κ2) is 6.46. The van der Waals surface area contributed by atoms with E-state index in [1.807, 2.05) is 25.7 Å². The lowest BCUT2D eigenvalue weighted by Gasteiger charge is -2.40. The molecule has 2 fully saturated rings. The van der Waals surface area contributed by atoms with E-state index >= 15 is 0 Å². The number of nitrogens with zero attached hydrogens (tertiary/aromatic N) is 1. The largest absolute Gasteiger partial charge is 0.444 e. The van der Waals surface area contributed by atoms with Crippen molar-refractivity contribution in [1.29, 1.82) is 0 Å². The fraction of sp³-hybridized carbons (Fsp3) is 0.842. The predicted molar refractivity (Wildman–Crippen MR) is 92.3 cm³/mol. The maximum absolute atomic E-state index is 12.4. The van der Waals surface area contributed by atoms with Crippen LogP contribution in [0.1, 0.15) is 53.4 Å². The molecule has 1 heterocycles. The first-order valence-corrected chi connectivity index (χ1v) is 9.25. The van der Waals surface area contributed by atoms with E-state index in [2.05, 4.69) is 24.4 Å². The van der Waals surface area contributed by atoms with Crippen LogP contribution >= 0.6 is 0 Å². The fourth-order valence-electron chi connectivity index (χ4n) is 4.43. The highest BCUT2D eigenvalue weighted by molar-refractivity contribution is 5.68. The number of ether oxygens (including phenoxy) is 1. The molecule has 4 nitrogen and oxygen atoms in total. The molecule has 1 aliphatic heterocycles. The fourth-order valence-corrected chi connectivity index (χ4v) is 4.43. The number of allylic oxidation sites excluding steroid dienone is 2. The number of piperidine rings is 1. The maximum atomic E-state index is 12.4. The van der Waals surface area contributed by atoms with Crippen molar-refractivity contribution >= 4 is 6.09 Å². The summed E-state index contributed by atoms with van der Waals surface area (Å²) in [4.78, 5) is 14.3. The molecule has 2 aliphatic carbocycles. The van der Waals surface area contributed by atoms with Gasteiger partial charge in [0.1, 0.15) is 5.60 Å². The number of nitrogens with one attached hydrogen (secondary N) is 1. The zero-order chi connectivity index (χ0) is 16.6. The molecule has 1 saturated heterocycles. The van der Waals surface area contributed by atoms with Crippen LogP contribution in [0.25, 0.3) is 0 Å². The van der Waals surface area contributed by atoms with E-state index < -0.39 is 5.60 Å². The van der Waals surface area contributed by atoms with Gasteiger partial charge in [-0.05, 0) is 77.7 Å². The molecular weight excluding hydrogens is 288 g/mol. The highest BCUT2D eigenvalue weighted by atomic mass is 16.6. The summed E-state index contributed by atoms with van der Waals surface area (Å²) < 4.78 is 5.56. The highest BCUT2D eigenvalue weighted by Gasteiger charge is 2.37. The normalized spacial score (nSPS) is 36.5. The Kier molecular flexibility index (Phi) is 4.73. The molecule has 23 heavy (non-hydrogen) atoms. The molecular formula is C19H32N2O2. The van der Waals surface area contributed by atoms with Crippen molar-refractivity contribution in [3.05, 3.63) is 12.2 Å². The number of fused-ring (bicyclic) bond motifs is 2. The second-order valence-corrected chi connectivity index (χ2v) is 8.61. The predicted octanol–water partition coefficient (Wildman–Crippen LogP) is 3.58. The van der Waals surface area contributed by atoms with Gasteiger partial charge in [0.05, 0.1) is 0 Å². The molecule has 0 radical (unpaired) electrons. The van der Waals surface area contributed by atoms with Crippen LogP contribution in [0, 0.1) is 17.8 Å². The van der Waals surface area contributed by atoms with Crippen molar-refractivity contribution in [1.82, 2.24) is 10.2 Å². The molecule has 2 bridgehead atoms. The molecule has 3 rings (SSSR count). The Balaban J connectivity index is 1.52. The van der Waals surface area contributed by atoms with Gasteiger partial charge in [0, 0.05) is 18.6 Å². The van der Waals surface area contributed by atoms with Crippen molar-refractivity contribution < 1.29 is 9.53 Å². The van der Waals surface area contributed by atoms with Gasteiger partial charge in [0.25, 0.3) is 0 Å². The van der Waals surface area contributed by atoms with Crippen molar-refractivity contribution in [2.45, 2.75) is 71.1 Å². The number of likely N-dealkylation sites (tertiary alicyclic amines) is 1. The molecule has 1 N–H and O–H groups in total. The van der Waals surface area contributed by atoms with Gasteiger partial charge in [-0.3, -0.25) is 0 Å². The third kappa shape index (κ3) is 3.90. The summed E-state index contributed by atoms with van der Waals surface area (Å²) in [5.41, 5.74) is -0.424. The second-order valence-electron chi connectivity index (χ2n) is 8.61. The van der Waals surface area contributed by atoms with Crippen LogP contribution in [0.5, 0.6) is 0 Å². The molecule has 0 aromatic rings. The van der Waals surface area contributed by atoms with Gasteiger partial charge >= 0.3 is 6.09 Å². The molecule has 5 atom stereocenters. The van der Waals surface area contributed by atoms with Gasteiger partial charge in [-0.1, -0.05) is 12.2 Å². The first-order valence-electron chi connectivity index (χ1n) is 9.25. The number of hydrogen-bond acceptors (Lipinski definition) is 3. The lowest BCUT2D eigenvalue weighted by Crippen LogP contribution is -2.56. The Bertz CT molecular complexity index is 468. The van der Waals surface area contributed by atoms with Crippen molar-refractivity contribution in [3.63, 3.8) is 0 Å². The number of hydrogen-bond donors (Lipinski definition) is 1. The summed E-state index contributed by atoms with van der Waals surface area (Å²) in [6, 6.07) is 0.590. The van der Waals surface area contributed by atoms with Crippen LogP contribution in [-0.4, -0.2) is 41.8 Å². The maximum Gasteiger partial charge on any atom is 0.410 e. The van der Waals surface area contributed by atoms with Crippen LogP contribution in [-0.2, 0) is 4.74 Å². The standard InChI is InChI=1S/C19H32N2O2/c1-13-17(20-12-16-11-14-7-8-15(16)10-14)6-5-9-21(13)18(22)23-19(2,3)4/h7-8,13-17,20H,5-6,9-12H2,1-4H3. The number of carbonyl (C=O) groups is 1. The van der Waals surface area contributed by atoms with Gasteiger partial charge in [0.2, 0.25) is 0 Å². The average molecular weight is 320 g/mol. The van der Waals surface area contributed by atoms with E-state index in [0.717, 1.165) is 43.7 Å². The quantitative estimate of drug-likeness (QED) is 0.808. The van der Waals surface area contributed by atoms with Crippen molar-refractivity contribution in [2.75, 3.05) is 13.1 Å². The molecule has 5 unspecified atom stereocenters. The summed E-state index contributed by atoms with van der Waals surface area (Å²) in [6.45, 7) is 9.84. The first kappa shape index (κ1) is 16.8. The zero-order valence-corrected chi connectivity index (χ0v) is 15.0. The van der Waals surface area contributed by atoms with Gasteiger partial charge in [0.15, 0.2) is 0 Å². The van der Waals surface area contributed by atoms with E-state index in [4.69, 9.17) is 4.74 Å². The third-order valence-corrected chi connectivity index (χ3v) is 5.67. The molecule has 1 saturated carbocycles. The summed E-state index contributed by atoms with van der Waals surface area (Å²) in [7, 11) is 0. The van der Waals surface area contributed by atoms with Crippen LogP contribution in [0.2, 0.25) is 0 Å². The van der Waals surface area contributed by atoms with Crippen LogP contribution in [0.15, 0.2) is 12.2 Å². The third-order valence-electron chi connectivity index (χ3n) is 5.67. The molecule has 130 valence electrons. The zero-order valence-electron chi connectivity index (χ0n) is 15.0. The van der Waals surface area contributed by atoms with Crippen molar-refractivity contribution in [3.8, 4) is 0 Å². The minimum absolute atomic E-state index is 0.167. The first-order chi connectivity index (χ1) is 10.8. The lowest BCUT2D eigenvalue weighted by atomic mass is 9.92. The lowest BCUT2D eigenvalue weighted by molar-refractivity contribution is 0.00681. The molecule has 0 aromatic heterocycles. The smallest absolute Gasteiger partial charge is 0.410 e. The van der Waals surface area contributed by atoms with Gasteiger partial charge < -0.3 is 15.0 Å². The topological polar surface area (TPSA) is 41.6 Å². The Morgan fingerprint density at radius 2 is 2.09 bits per heavy atom. The minimum Gasteiger partial charge on any atom is -0.444 e. The van der Waals surface area contributed by atoms with E-state index in [-0.39, 0.29) is 12.1 Å². The SMILES string of the molecule is CC1C(NCC2CC3C=CC2C3)CCCN1C(=O)OC(C)(C)C. The van der Waals surface area contributed by atoms with Gasteiger partial charge in [-0.15, -0.1) is 0 Å². The Labute approximate surface area is 140 Å². The van der Waals surface area contributed by atoms with Crippen LogP contribution in [0.4, 0.5) is 4.79 Å². The average Bonchev–Trinajstić information content (AvgIpc) is 3.06. The highest BCUT2D eigenvalue weighted by Crippen LogP contribution is 2.43. The molecule has 0 spiro atoms. The summed E-state index contributed by atoms with van der Waals surface area (Å²) in [6.07, 6.45) is 9.54. The minimum atomic E-state index is -0.424. The van der Waals surface area contributed by atoms with Gasteiger partial charge in [-0.25, -0.2) is 4.79 Å². The summed E-state index contributed by atoms with van der Waals surface area (Å²) in [5, 5.41) is 3.76. The van der Waals surface area contributed by atoms with Crippen LogP contribution < -0.4 is 5.32 Å². The molecule has 4 heteroatoms. The molecule has 0 aromatic carbocycles. The van der Waals surface area contributed by atoms with E-state index in [1.54, 1.807) is 0 Å². The van der Waals surface area contributed by atoms with E-state index in [0.29, 0.717) is 6.04 Å². The Morgan fingerprint density at radius 3 is 2.70 bits per heavy atom. The number of carbonyl (C=O) groups excluding carboxylic acids is 1. The van der Waals surface area contributed by atoms with Gasteiger partial charge in [-0.2, -0.15) is 0 Å². The van der Waals surface area contributed by atoms with Crippen LogP contribution in [0.3, 0.4) is 0 Å². The number of rotatable bonds is 3. The summed E-state index contributed by atoms with van der Waals surface area (Å²) in [5.74, 6) is 2.40.